The molecule has 3 aliphatic heterocycles. The molecule has 3 aliphatic rings. The van der Waals surface area contributed by atoms with Crippen molar-refractivity contribution in [2.24, 2.45) is 0 Å². The maximum Gasteiger partial charge on any atom is 0.615 e. The first kappa shape index (κ1) is 34.4. The van der Waals surface area contributed by atoms with Crippen LogP contribution in [0.2, 0.25) is 5.31 Å². The zero-order chi connectivity index (χ0) is 30.1. The molecule has 3 fully saturated rings. The van der Waals surface area contributed by atoms with E-state index in [1.807, 2.05) is 76.2 Å². The van der Waals surface area contributed by atoms with Crippen molar-refractivity contribution in [3.05, 3.63) is 0 Å². The number of rotatable bonds is 4. The summed E-state index contributed by atoms with van der Waals surface area (Å²) in [5.74, 6) is 0. The number of aliphatic hydroxyl groups excluding tert-OH is 1. The second-order valence-corrected chi connectivity index (χ2v) is 13.9. The molecular weight excluding hydrogens is 521 g/mol. The Labute approximate surface area is 242 Å². The molecule has 4 bridgehead atoms. The Morgan fingerprint density at radius 3 is 1.65 bits per heavy atom. The van der Waals surface area contributed by atoms with Crippen molar-refractivity contribution in [1.82, 2.24) is 0 Å². The van der Waals surface area contributed by atoms with Crippen LogP contribution < -0.4 is 0 Å². The van der Waals surface area contributed by atoms with Gasteiger partial charge in [0, 0.05) is 18.6 Å². The lowest BCUT2D eigenvalue weighted by molar-refractivity contribution is -0.0459. The van der Waals surface area contributed by atoms with Crippen molar-refractivity contribution in [2.45, 2.75) is 143 Å². The molecule has 0 radical (unpaired) electrons. The molecule has 0 aromatic rings. The van der Waals surface area contributed by atoms with Crippen LogP contribution in [0.5, 0.6) is 0 Å². The smallest absolute Gasteiger partial charge is 0.426 e. The summed E-state index contributed by atoms with van der Waals surface area (Å²) in [7, 11) is -6.15. The molecule has 0 aliphatic carbocycles. The zero-order valence-electron chi connectivity index (χ0n) is 26.3. The Hall–Kier alpha value is -0.0904. The third kappa shape index (κ3) is 11.2. The van der Waals surface area contributed by atoms with Crippen LogP contribution in [0.15, 0.2) is 0 Å². The van der Waals surface area contributed by atoms with Crippen molar-refractivity contribution in [3.63, 3.8) is 0 Å². The minimum atomic E-state index is -1.17. The molecule has 0 aromatic carbocycles. The Morgan fingerprint density at radius 1 is 0.750 bits per heavy atom. The second kappa shape index (κ2) is 13.3. The van der Waals surface area contributed by atoms with Gasteiger partial charge in [0.05, 0.1) is 22.9 Å². The van der Waals surface area contributed by atoms with Crippen LogP contribution in [0.3, 0.4) is 0 Å². The minimum Gasteiger partial charge on any atom is -0.426 e. The van der Waals surface area contributed by atoms with E-state index in [1.165, 1.54) is 0 Å². The van der Waals surface area contributed by atoms with Gasteiger partial charge in [-0.1, -0.05) is 20.8 Å². The van der Waals surface area contributed by atoms with E-state index < -0.39 is 72.7 Å². The third-order valence-corrected chi connectivity index (χ3v) is 6.34. The van der Waals surface area contributed by atoms with E-state index in [-0.39, 0.29) is 11.4 Å². The SMILES string of the molecule is CC(O)CC(C)(C)OB1OB2OB(O1)OC(C)(C)CC(C)OB1OB(OB(C(C)(C)C)O1)OC(C)(C)CC(C)O2. The molecule has 3 saturated heterocycles. The van der Waals surface area contributed by atoms with Gasteiger partial charge in [-0.3, -0.25) is 0 Å². The van der Waals surface area contributed by atoms with E-state index in [1.54, 1.807) is 6.92 Å². The second-order valence-electron chi connectivity index (χ2n) is 13.9. The monoisotopic (exact) mass is 568 g/mol. The molecular formula is C22H46B6O12. The maximum absolute atomic E-state index is 9.88. The highest BCUT2D eigenvalue weighted by Crippen LogP contribution is 2.34. The molecule has 3 rings (SSSR count). The molecule has 1 N–H and O–H groups in total. The van der Waals surface area contributed by atoms with Crippen molar-refractivity contribution in [3.8, 4) is 0 Å². The first-order chi connectivity index (χ1) is 18.2. The molecule has 18 heteroatoms. The van der Waals surface area contributed by atoms with Gasteiger partial charge >= 0.3 is 43.7 Å². The van der Waals surface area contributed by atoms with Crippen LogP contribution in [-0.4, -0.2) is 83.9 Å². The summed E-state index contributed by atoms with van der Waals surface area (Å²) < 4.78 is 66.2. The van der Waals surface area contributed by atoms with Crippen LogP contribution in [0, 0.1) is 0 Å². The third-order valence-electron chi connectivity index (χ3n) is 6.34. The Balaban J connectivity index is 1.82. The van der Waals surface area contributed by atoms with Gasteiger partial charge in [-0.2, -0.15) is 0 Å². The van der Waals surface area contributed by atoms with Gasteiger partial charge in [0.25, 0.3) is 0 Å². The summed E-state index contributed by atoms with van der Waals surface area (Å²) in [4.78, 5) is 0. The fourth-order valence-electron chi connectivity index (χ4n) is 4.96. The highest BCUT2D eigenvalue weighted by molar-refractivity contribution is 6.71. The van der Waals surface area contributed by atoms with E-state index in [0.29, 0.717) is 19.3 Å². The van der Waals surface area contributed by atoms with Gasteiger partial charge in [-0.15, -0.1) is 0 Å². The van der Waals surface area contributed by atoms with Gasteiger partial charge in [-0.25, -0.2) is 0 Å². The standard InChI is InChI=1S/C22H46B6O12/c1-16(29)13-20(7,8)32-27-38-25-31-18(3)15-21(9,10)33-26-36-23(19(4,5)6)35-24(37-26)30-17(2)14-22(11,12)34-28(39-25)40-27/h16-18,29H,13-15H2,1-12H3. The largest absolute Gasteiger partial charge is 0.615 e. The first-order valence-electron chi connectivity index (χ1n) is 14.2. The molecule has 0 spiro atoms. The number of hydrogen-bond acceptors (Lipinski definition) is 12. The number of fused-ring (bicyclic) bond motifs is 4. The Bertz CT molecular complexity index is 816. The van der Waals surface area contributed by atoms with Crippen molar-refractivity contribution < 1.29 is 55.8 Å². The van der Waals surface area contributed by atoms with Crippen LogP contribution in [0.25, 0.3) is 0 Å². The molecule has 0 saturated carbocycles. The topological polar surface area (TPSA) is 122 Å². The molecule has 0 amide bonds. The summed E-state index contributed by atoms with van der Waals surface area (Å²) in [6.45, 7) is 22.8. The van der Waals surface area contributed by atoms with Crippen LogP contribution in [0.4, 0.5) is 0 Å². The molecule has 40 heavy (non-hydrogen) atoms. The molecule has 0 aromatic heterocycles. The molecule has 3 atom stereocenters. The average molecular weight is 567 g/mol. The van der Waals surface area contributed by atoms with Gasteiger partial charge in [0.1, 0.15) is 0 Å². The summed E-state index contributed by atoms with van der Waals surface area (Å²) in [5.41, 5.74) is -2.28. The quantitative estimate of drug-likeness (QED) is 0.503. The molecule has 224 valence electrons. The summed E-state index contributed by atoms with van der Waals surface area (Å²) >= 11 is 0. The summed E-state index contributed by atoms with van der Waals surface area (Å²) in [6, 6.07) is 0. The van der Waals surface area contributed by atoms with Gasteiger partial charge < -0.3 is 55.8 Å². The predicted molar refractivity (Wildman–Crippen MR) is 153 cm³/mol. The van der Waals surface area contributed by atoms with E-state index in [9.17, 15) is 5.11 Å². The van der Waals surface area contributed by atoms with Crippen molar-refractivity contribution >= 4 is 43.7 Å². The summed E-state index contributed by atoms with van der Waals surface area (Å²) in [5, 5.41) is 9.53. The average Bonchev–Trinajstić information content (AvgIpc) is 2.68. The van der Waals surface area contributed by atoms with Crippen LogP contribution >= 0.6 is 0 Å². The predicted octanol–water partition coefficient (Wildman–Crippen LogP) is 3.09. The fraction of sp³-hybridized carbons (Fsp3) is 1.00. The minimum absolute atomic E-state index is 0.355. The normalized spacial score (nSPS) is 28.1. The van der Waals surface area contributed by atoms with E-state index in [4.69, 9.17) is 50.7 Å². The Kier molecular flexibility index (Phi) is 11.4. The zero-order valence-corrected chi connectivity index (χ0v) is 26.3. The lowest BCUT2D eigenvalue weighted by Crippen LogP contribution is -2.59. The summed E-state index contributed by atoms with van der Waals surface area (Å²) in [6.07, 6.45) is -0.106. The van der Waals surface area contributed by atoms with Crippen molar-refractivity contribution in [2.75, 3.05) is 0 Å². The molecule has 3 unspecified atom stereocenters. The lowest BCUT2D eigenvalue weighted by atomic mass is 9.58. The Morgan fingerprint density at radius 2 is 1.18 bits per heavy atom. The highest BCUT2D eigenvalue weighted by Gasteiger charge is 2.53. The van der Waals surface area contributed by atoms with Gasteiger partial charge in [-0.05, 0) is 80.5 Å². The van der Waals surface area contributed by atoms with Gasteiger partial charge in [0.2, 0.25) is 0 Å². The number of hydrogen-bond donors (Lipinski definition) is 1. The fourth-order valence-corrected chi connectivity index (χ4v) is 4.96. The van der Waals surface area contributed by atoms with E-state index >= 15 is 0 Å². The highest BCUT2D eigenvalue weighted by atomic mass is 16.9. The van der Waals surface area contributed by atoms with E-state index in [2.05, 4.69) is 0 Å². The van der Waals surface area contributed by atoms with Crippen LogP contribution in [-0.2, 0) is 50.7 Å². The first-order valence-corrected chi connectivity index (χ1v) is 14.2. The van der Waals surface area contributed by atoms with E-state index in [0.717, 1.165) is 0 Å². The maximum atomic E-state index is 9.88. The van der Waals surface area contributed by atoms with Crippen LogP contribution in [0.1, 0.15) is 102 Å². The van der Waals surface area contributed by atoms with Crippen molar-refractivity contribution in [1.29, 1.82) is 0 Å². The van der Waals surface area contributed by atoms with Gasteiger partial charge in [0.15, 0.2) is 0 Å². The molecule has 12 nitrogen and oxygen atoms in total. The molecule has 3 heterocycles. The number of aliphatic hydroxyl groups is 1. The lowest BCUT2D eigenvalue weighted by Gasteiger charge is -2.41.